The predicted molar refractivity (Wildman–Crippen MR) is 76.8 cm³/mol. The van der Waals surface area contributed by atoms with Crippen LogP contribution in [0.15, 0.2) is 41.2 Å². The minimum Gasteiger partial charge on any atom is -0.444 e. The number of hydrogen-bond donors (Lipinski definition) is 2. The lowest BCUT2D eigenvalue weighted by atomic mass is 10.2. The molecule has 5 nitrogen and oxygen atoms in total. The Bertz CT molecular complexity index is 663. The van der Waals surface area contributed by atoms with Crippen LogP contribution in [-0.2, 0) is 11.3 Å². The highest BCUT2D eigenvalue weighted by Crippen LogP contribution is 2.08. The molecule has 0 unspecified atom stereocenters. The number of amides is 1. The highest BCUT2D eigenvalue weighted by atomic mass is 16.5. The summed E-state index contributed by atoms with van der Waals surface area (Å²) in [5.74, 6) is 0. The first-order valence-corrected chi connectivity index (χ1v) is 6.24. The normalized spacial score (nSPS) is 10.1. The van der Waals surface area contributed by atoms with Gasteiger partial charge in [-0.3, -0.25) is 10.1 Å². The number of pyridine rings is 1. The van der Waals surface area contributed by atoms with E-state index in [2.05, 4.69) is 10.3 Å². The number of aromatic nitrogens is 1. The first-order valence-electron chi connectivity index (χ1n) is 6.24. The molecular formula is C15H16N2O3. The maximum Gasteiger partial charge on any atom is 0.412 e. The van der Waals surface area contributed by atoms with E-state index in [0.717, 1.165) is 11.3 Å². The second kappa shape index (κ2) is 6.06. The van der Waals surface area contributed by atoms with Gasteiger partial charge in [-0.05, 0) is 19.4 Å². The van der Waals surface area contributed by atoms with E-state index in [9.17, 15) is 9.59 Å². The van der Waals surface area contributed by atoms with E-state index in [0.29, 0.717) is 5.69 Å². The fraction of sp³-hybridized carbons (Fsp3) is 0.200. The third kappa shape index (κ3) is 3.47. The summed E-state index contributed by atoms with van der Waals surface area (Å²) in [6.45, 7) is 3.67. The Kier molecular flexibility index (Phi) is 4.20. The molecule has 104 valence electrons. The molecule has 0 aliphatic rings. The Morgan fingerprint density at radius 2 is 1.95 bits per heavy atom. The van der Waals surface area contributed by atoms with Crippen molar-refractivity contribution >= 4 is 11.8 Å². The van der Waals surface area contributed by atoms with Gasteiger partial charge in [0.15, 0.2) is 0 Å². The maximum absolute atomic E-state index is 11.8. The molecule has 0 spiro atoms. The van der Waals surface area contributed by atoms with Gasteiger partial charge in [-0.25, -0.2) is 4.79 Å². The van der Waals surface area contributed by atoms with Crippen LogP contribution in [0.2, 0.25) is 0 Å². The van der Waals surface area contributed by atoms with E-state index < -0.39 is 6.09 Å². The van der Waals surface area contributed by atoms with Gasteiger partial charge >= 0.3 is 6.09 Å². The molecule has 1 aromatic heterocycles. The molecule has 0 saturated heterocycles. The highest BCUT2D eigenvalue weighted by Gasteiger charge is 2.10. The maximum atomic E-state index is 11.8. The predicted octanol–water partition coefficient (Wildman–Crippen LogP) is 2.74. The van der Waals surface area contributed by atoms with E-state index in [-0.39, 0.29) is 17.7 Å². The molecule has 2 N–H and O–H groups in total. The van der Waals surface area contributed by atoms with Crippen LogP contribution < -0.4 is 10.7 Å². The van der Waals surface area contributed by atoms with Crippen LogP contribution >= 0.6 is 0 Å². The molecule has 0 saturated carbocycles. The monoisotopic (exact) mass is 272 g/mol. The molecule has 0 atom stereocenters. The first kappa shape index (κ1) is 13.9. The van der Waals surface area contributed by atoms with Crippen LogP contribution in [0.3, 0.4) is 0 Å². The summed E-state index contributed by atoms with van der Waals surface area (Å²) < 4.78 is 5.07. The number of aromatic amines is 1. The molecule has 5 heteroatoms. The van der Waals surface area contributed by atoms with Crippen molar-refractivity contribution in [2.45, 2.75) is 20.5 Å². The zero-order chi connectivity index (χ0) is 14.5. The summed E-state index contributed by atoms with van der Waals surface area (Å²) >= 11 is 0. The highest BCUT2D eigenvalue weighted by molar-refractivity contribution is 5.85. The summed E-state index contributed by atoms with van der Waals surface area (Å²) in [7, 11) is 0. The number of rotatable bonds is 3. The van der Waals surface area contributed by atoms with E-state index in [1.54, 1.807) is 13.8 Å². The lowest BCUT2D eigenvalue weighted by molar-refractivity contribution is 0.155. The van der Waals surface area contributed by atoms with Gasteiger partial charge in [0.25, 0.3) is 0 Å². The van der Waals surface area contributed by atoms with Crippen LogP contribution in [0.1, 0.15) is 17.0 Å². The van der Waals surface area contributed by atoms with Gasteiger partial charge in [-0.2, -0.15) is 0 Å². The number of aryl methyl sites for hydroxylation is 2. The summed E-state index contributed by atoms with van der Waals surface area (Å²) in [6, 6.07) is 10.8. The van der Waals surface area contributed by atoms with Gasteiger partial charge in [0.2, 0.25) is 5.43 Å². The lowest BCUT2D eigenvalue weighted by Crippen LogP contribution is -2.21. The zero-order valence-corrected chi connectivity index (χ0v) is 11.4. The van der Waals surface area contributed by atoms with Crippen molar-refractivity contribution in [2.24, 2.45) is 0 Å². The van der Waals surface area contributed by atoms with Crippen LogP contribution in [0.5, 0.6) is 0 Å². The number of ether oxygens (including phenoxy) is 1. The number of carbonyl (C=O) groups is 1. The minimum atomic E-state index is -0.647. The summed E-state index contributed by atoms with van der Waals surface area (Å²) in [5.41, 5.74) is 2.21. The van der Waals surface area contributed by atoms with Crippen molar-refractivity contribution in [3.05, 3.63) is 63.6 Å². The fourth-order valence-corrected chi connectivity index (χ4v) is 1.86. The molecule has 2 aromatic rings. The third-order valence-electron chi connectivity index (χ3n) is 2.79. The number of hydrogen-bond acceptors (Lipinski definition) is 3. The number of anilines is 1. The van der Waals surface area contributed by atoms with Crippen molar-refractivity contribution < 1.29 is 9.53 Å². The number of H-pyrrole nitrogens is 1. The molecule has 0 fully saturated rings. The van der Waals surface area contributed by atoms with Crippen molar-refractivity contribution in [3.8, 4) is 0 Å². The lowest BCUT2D eigenvalue weighted by Gasteiger charge is -2.09. The fourth-order valence-electron chi connectivity index (χ4n) is 1.86. The minimum absolute atomic E-state index is 0.162. The molecule has 0 radical (unpaired) electrons. The van der Waals surface area contributed by atoms with Gasteiger partial charge in [0, 0.05) is 17.5 Å². The van der Waals surface area contributed by atoms with Crippen LogP contribution in [0.4, 0.5) is 10.5 Å². The van der Waals surface area contributed by atoms with Gasteiger partial charge in [0.1, 0.15) is 12.3 Å². The number of benzene rings is 1. The molecule has 0 bridgehead atoms. The van der Waals surface area contributed by atoms with Crippen molar-refractivity contribution in [3.63, 3.8) is 0 Å². The van der Waals surface area contributed by atoms with E-state index in [4.69, 9.17) is 4.74 Å². The van der Waals surface area contributed by atoms with Crippen molar-refractivity contribution in [1.82, 2.24) is 4.98 Å². The van der Waals surface area contributed by atoms with Gasteiger partial charge in [-0.15, -0.1) is 0 Å². The summed E-state index contributed by atoms with van der Waals surface area (Å²) in [5, 5.41) is 2.47. The van der Waals surface area contributed by atoms with Crippen LogP contribution in [0, 0.1) is 13.8 Å². The molecule has 1 amide bonds. The van der Waals surface area contributed by atoms with E-state index in [1.807, 2.05) is 30.3 Å². The molecule has 0 aliphatic carbocycles. The second-order valence-corrected chi connectivity index (χ2v) is 4.50. The number of nitrogens with one attached hydrogen (secondary N) is 2. The smallest absolute Gasteiger partial charge is 0.412 e. The Hall–Kier alpha value is -2.56. The Morgan fingerprint density at radius 1 is 1.25 bits per heavy atom. The Morgan fingerprint density at radius 3 is 2.60 bits per heavy atom. The van der Waals surface area contributed by atoms with Gasteiger partial charge in [-0.1, -0.05) is 30.3 Å². The largest absolute Gasteiger partial charge is 0.444 e. The zero-order valence-electron chi connectivity index (χ0n) is 11.4. The second-order valence-electron chi connectivity index (χ2n) is 4.50. The molecular weight excluding hydrogens is 256 g/mol. The number of carbonyl (C=O) groups excluding carboxylic acids is 1. The molecule has 2 rings (SSSR count). The Labute approximate surface area is 116 Å². The topological polar surface area (TPSA) is 71.2 Å². The average Bonchev–Trinajstić information content (AvgIpc) is 2.42. The van der Waals surface area contributed by atoms with Crippen molar-refractivity contribution in [1.29, 1.82) is 0 Å². The van der Waals surface area contributed by atoms with Crippen molar-refractivity contribution in [2.75, 3.05) is 5.32 Å². The third-order valence-corrected chi connectivity index (χ3v) is 2.79. The first-order chi connectivity index (χ1) is 9.56. The average molecular weight is 272 g/mol. The molecule has 1 aromatic carbocycles. The standard InChI is InChI=1S/C15H16N2O3/c1-10-8-13(18)14(11(2)16-10)17-15(19)20-9-12-6-4-3-5-7-12/h3-8H,9H2,1-2H3,(H,16,18)(H,17,19). The molecule has 20 heavy (non-hydrogen) atoms. The summed E-state index contributed by atoms with van der Waals surface area (Å²) in [6.07, 6.45) is -0.647. The summed E-state index contributed by atoms with van der Waals surface area (Å²) in [4.78, 5) is 26.5. The van der Waals surface area contributed by atoms with Crippen LogP contribution in [0.25, 0.3) is 0 Å². The van der Waals surface area contributed by atoms with E-state index in [1.165, 1.54) is 6.07 Å². The van der Waals surface area contributed by atoms with Crippen LogP contribution in [-0.4, -0.2) is 11.1 Å². The molecule has 1 heterocycles. The SMILES string of the molecule is Cc1cc(=O)c(NC(=O)OCc2ccccc2)c(C)[nH]1. The quantitative estimate of drug-likeness (QED) is 0.902. The Balaban J connectivity index is 2.00. The van der Waals surface area contributed by atoms with E-state index >= 15 is 0 Å². The van der Waals surface area contributed by atoms with Gasteiger partial charge in [0.05, 0.1) is 0 Å². The molecule has 0 aliphatic heterocycles. The van der Waals surface area contributed by atoms with Gasteiger partial charge < -0.3 is 9.72 Å².